The summed E-state index contributed by atoms with van der Waals surface area (Å²) in [5, 5.41) is 3.09. The lowest BCUT2D eigenvalue weighted by molar-refractivity contribution is -0.137. The highest BCUT2D eigenvalue weighted by Gasteiger charge is 2.62. The van der Waals surface area contributed by atoms with Crippen LogP contribution in [0.25, 0.3) is 11.6 Å². The van der Waals surface area contributed by atoms with Gasteiger partial charge in [-0.3, -0.25) is 14.6 Å². The molecule has 3 N–H and O–H groups in total. The summed E-state index contributed by atoms with van der Waals surface area (Å²) in [7, 11) is 0. The molecule has 0 aliphatic heterocycles. The molecule has 4 unspecified atom stereocenters. The number of fused-ring (bicyclic) bond motifs is 2. The smallest absolute Gasteiger partial charge is 0.231 e. The third-order valence-electron chi connectivity index (χ3n) is 10.2. The predicted molar refractivity (Wildman–Crippen MR) is 189 cm³/mol. The summed E-state index contributed by atoms with van der Waals surface area (Å²) < 4.78 is 30.5. The Kier molecular flexibility index (Phi) is 8.70. The first kappa shape index (κ1) is 32.8. The van der Waals surface area contributed by atoms with Crippen molar-refractivity contribution in [3.05, 3.63) is 178 Å². The molecular weight excluding hydrogens is 630 g/mol. The lowest BCUT2D eigenvalue weighted by Gasteiger charge is -2.45. The largest absolute Gasteiger partial charge is 0.369 e. The zero-order chi connectivity index (χ0) is 35.0. The molecule has 2 aliphatic rings. The van der Waals surface area contributed by atoms with Crippen LogP contribution in [0.15, 0.2) is 121 Å². The molecule has 1 heterocycles. The van der Waals surface area contributed by atoms with Crippen molar-refractivity contribution in [3.63, 3.8) is 0 Å². The van der Waals surface area contributed by atoms with E-state index in [9.17, 15) is 4.79 Å². The SMILES string of the molecule is CC1=C(Cc2ccccc2)c2cc(F)ccc2C1C(C(N)=O)(c1nc(F)cnc1C)C(C(=O)NCc1ccccc1)C1C=Cc2ccccc21. The Hall–Kier alpha value is -5.76. The fourth-order valence-electron chi connectivity index (χ4n) is 8.09. The van der Waals surface area contributed by atoms with Crippen LogP contribution in [0.1, 0.15) is 63.5 Å². The summed E-state index contributed by atoms with van der Waals surface area (Å²) in [5.74, 6) is -5.49. The molecule has 0 fully saturated rings. The summed E-state index contributed by atoms with van der Waals surface area (Å²) in [4.78, 5) is 38.5. The Balaban J connectivity index is 1.53. The van der Waals surface area contributed by atoms with E-state index in [4.69, 9.17) is 5.73 Å². The van der Waals surface area contributed by atoms with E-state index in [1.54, 1.807) is 13.0 Å². The van der Waals surface area contributed by atoms with Crippen molar-refractivity contribution in [1.29, 1.82) is 0 Å². The molecule has 0 bridgehead atoms. The number of carbonyl (C=O) groups excluding carboxylic acids is 2. The predicted octanol–water partition coefficient (Wildman–Crippen LogP) is 7.34. The van der Waals surface area contributed by atoms with Gasteiger partial charge in [0.1, 0.15) is 11.2 Å². The second-order valence-electron chi connectivity index (χ2n) is 13.0. The van der Waals surface area contributed by atoms with Crippen LogP contribution in [0, 0.1) is 24.6 Å². The maximum atomic E-state index is 15.4. The Morgan fingerprint density at radius 1 is 0.880 bits per heavy atom. The van der Waals surface area contributed by atoms with Gasteiger partial charge in [-0.25, -0.2) is 9.37 Å². The van der Waals surface area contributed by atoms with Gasteiger partial charge in [-0.2, -0.15) is 4.39 Å². The molecule has 4 atom stereocenters. The number of nitrogens with one attached hydrogen (secondary N) is 1. The highest BCUT2D eigenvalue weighted by molar-refractivity contribution is 5.99. The quantitative estimate of drug-likeness (QED) is 0.163. The van der Waals surface area contributed by atoms with Crippen LogP contribution in [0.4, 0.5) is 8.78 Å². The van der Waals surface area contributed by atoms with E-state index in [0.29, 0.717) is 17.5 Å². The normalized spacial score (nSPS) is 17.9. The van der Waals surface area contributed by atoms with Crippen LogP contribution in [-0.2, 0) is 28.0 Å². The Morgan fingerprint density at radius 2 is 1.56 bits per heavy atom. The van der Waals surface area contributed by atoms with E-state index in [-0.39, 0.29) is 17.9 Å². The van der Waals surface area contributed by atoms with Crippen molar-refractivity contribution in [2.45, 2.75) is 44.1 Å². The van der Waals surface area contributed by atoms with Crippen LogP contribution in [0.3, 0.4) is 0 Å². The number of halogens is 2. The molecule has 1 aromatic heterocycles. The van der Waals surface area contributed by atoms with Gasteiger partial charge in [0.05, 0.1) is 23.5 Å². The first-order chi connectivity index (χ1) is 24.2. The Bertz CT molecular complexity index is 2170. The standard InChI is InChI=1S/C42H36F2N4O2/c1-25-34(21-27-11-5-3-6-12-27)35-22-30(43)18-20-33(35)37(25)42(41(45)50,39-26(2)46-24-36(44)48-39)38(32-19-17-29-15-9-10-16-31(29)32)40(49)47-23-28-13-7-4-8-14-28/h3-20,22,24,32,37-38H,21,23H2,1-2H3,(H2,45,50)(H,47,49). The van der Waals surface area contributed by atoms with Gasteiger partial charge in [0.2, 0.25) is 17.8 Å². The molecule has 0 saturated carbocycles. The van der Waals surface area contributed by atoms with Gasteiger partial charge in [-0.15, -0.1) is 0 Å². The number of aromatic nitrogens is 2. The molecular formula is C42H36F2N4O2. The molecule has 2 amide bonds. The van der Waals surface area contributed by atoms with Gasteiger partial charge in [0.15, 0.2) is 0 Å². The number of allylic oxidation sites excluding steroid dienone is 3. The molecule has 8 heteroatoms. The molecule has 0 radical (unpaired) electrons. The molecule has 50 heavy (non-hydrogen) atoms. The maximum absolute atomic E-state index is 15.4. The Labute approximate surface area is 289 Å². The summed E-state index contributed by atoms with van der Waals surface area (Å²) in [5.41, 5.74) is 11.2. The van der Waals surface area contributed by atoms with E-state index < -0.39 is 46.7 Å². The number of amides is 2. The molecule has 7 rings (SSSR count). The molecule has 0 spiro atoms. The van der Waals surface area contributed by atoms with E-state index in [1.165, 1.54) is 12.1 Å². The number of nitrogens with zero attached hydrogens (tertiary/aromatic N) is 2. The highest BCUT2D eigenvalue weighted by Crippen LogP contribution is 2.59. The fourth-order valence-corrected chi connectivity index (χ4v) is 8.09. The van der Waals surface area contributed by atoms with Gasteiger partial charge in [-0.05, 0) is 71.4 Å². The maximum Gasteiger partial charge on any atom is 0.231 e. The zero-order valence-corrected chi connectivity index (χ0v) is 27.7. The number of aryl methyl sites for hydroxylation is 1. The van der Waals surface area contributed by atoms with Crippen molar-refractivity contribution in [2.75, 3.05) is 0 Å². The van der Waals surface area contributed by atoms with Crippen molar-refractivity contribution >= 4 is 23.5 Å². The van der Waals surface area contributed by atoms with Gasteiger partial charge in [-0.1, -0.05) is 109 Å². The monoisotopic (exact) mass is 666 g/mol. The van der Waals surface area contributed by atoms with Crippen LogP contribution in [-0.4, -0.2) is 21.8 Å². The van der Waals surface area contributed by atoms with E-state index in [0.717, 1.165) is 39.6 Å². The number of hydrogen-bond donors (Lipinski definition) is 2. The fraction of sp³-hybridized carbons (Fsp3) is 0.190. The van der Waals surface area contributed by atoms with E-state index >= 15 is 13.6 Å². The molecule has 4 aromatic carbocycles. The van der Waals surface area contributed by atoms with Crippen molar-refractivity contribution < 1.29 is 18.4 Å². The second-order valence-corrected chi connectivity index (χ2v) is 13.0. The van der Waals surface area contributed by atoms with Crippen molar-refractivity contribution in [1.82, 2.24) is 15.3 Å². The summed E-state index contributed by atoms with van der Waals surface area (Å²) in [6.45, 7) is 3.71. The molecule has 0 saturated heterocycles. The first-order valence-electron chi connectivity index (χ1n) is 16.6. The third-order valence-corrected chi connectivity index (χ3v) is 10.2. The van der Waals surface area contributed by atoms with Gasteiger partial charge in [0.25, 0.3) is 0 Å². The van der Waals surface area contributed by atoms with Crippen molar-refractivity contribution in [3.8, 4) is 0 Å². The van der Waals surface area contributed by atoms with E-state index in [1.807, 2.05) is 104 Å². The average molecular weight is 667 g/mol. The summed E-state index contributed by atoms with van der Waals surface area (Å²) in [6, 6.07) is 31.3. The summed E-state index contributed by atoms with van der Waals surface area (Å²) >= 11 is 0. The van der Waals surface area contributed by atoms with Gasteiger partial charge in [0, 0.05) is 18.4 Å². The van der Waals surface area contributed by atoms with Crippen LogP contribution in [0.2, 0.25) is 0 Å². The van der Waals surface area contributed by atoms with Crippen LogP contribution in [0.5, 0.6) is 0 Å². The highest BCUT2D eigenvalue weighted by atomic mass is 19.1. The molecule has 6 nitrogen and oxygen atoms in total. The first-order valence-corrected chi connectivity index (χ1v) is 16.6. The number of rotatable bonds is 10. The number of hydrogen-bond acceptors (Lipinski definition) is 4. The van der Waals surface area contributed by atoms with Crippen LogP contribution >= 0.6 is 0 Å². The molecule has 250 valence electrons. The van der Waals surface area contributed by atoms with Crippen molar-refractivity contribution in [2.24, 2.45) is 11.7 Å². The zero-order valence-electron chi connectivity index (χ0n) is 27.7. The summed E-state index contributed by atoms with van der Waals surface area (Å²) in [6.07, 6.45) is 5.25. The minimum atomic E-state index is -1.98. The minimum Gasteiger partial charge on any atom is -0.369 e. The molecule has 2 aliphatic carbocycles. The number of nitrogens with two attached hydrogens (primary N) is 1. The average Bonchev–Trinajstić information content (AvgIpc) is 3.66. The number of primary amides is 1. The lowest BCUT2D eigenvalue weighted by Crippen LogP contribution is -2.58. The van der Waals surface area contributed by atoms with Crippen LogP contribution < -0.4 is 11.1 Å². The van der Waals surface area contributed by atoms with Gasteiger partial charge < -0.3 is 11.1 Å². The topological polar surface area (TPSA) is 98.0 Å². The third kappa shape index (κ3) is 5.60. The lowest BCUT2D eigenvalue weighted by atomic mass is 9.56. The Morgan fingerprint density at radius 3 is 2.28 bits per heavy atom. The van der Waals surface area contributed by atoms with Gasteiger partial charge >= 0.3 is 0 Å². The second kappa shape index (κ2) is 13.3. The number of benzene rings is 4. The minimum absolute atomic E-state index is 0.0248. The molecule has 5 aromatic rings. The number of carbonyl (C=O) groups is 2. The van der Waals surface area contributed by atoms with E-state index in [2.05, 4.69) is 15.3 Å².